The largest absolute Gasteiger partial charge is 0.444 e. The van der Waals surface area contributed by atoms with Crippen LogP contribution in [0, 0.1) is 11.8 Å². The van der Waals surface area contributed by atoms with Crippen molar-refractivity contribution < 1.29 is 9.53 Å². The van der Waals surface area contributed by atoms with Gasteiger partial charge in [0.1, 0.15) is 5.60 Å². The summed E-state index contributed by atoms with van der Waals surface area (Å²) < 4.78 is 5.84. The van der Waals surface area contributed by atoms with Crippen LogP contribution >= 0.6 is 0 Å². The Morgan fingerprint density at radius 3 is 2.40 bits per heavy atom. The van der Waals surface area contributed by atoms with Crippen molar-refractivity contribution in [3.8, 4) is 0 Å². The molecule has 1 aromatic rings. The van der Waals surface area contributed by atoms with E-state index in [2.05, 4.69) is 40.5 Å². The highest BCUT2D eigenvalue weighted by Crippen LogP contribution is 2.57. The molecule has 136 valence electrons. The van der Waals surface area contributed by atoms with Gasteiger partial charge in [0.25, 0.3) is 0 Å². The Bertz CT molecular complexity index is 631. The highest BCUT2D eigenvalue weighted by molar-refractivity contribution is 5.70. The van der Waals surface area contributed by atoms with Gasteiger partial charge in [-0.3, -0.25) is 4.90 Å². The molecular weight excluding hydrogens is 312 g/mol. The molecular formula is C21H30N2O2. The highest BCUT2D eigenvalue weighted by Gasteiger charge is 2.61. The van der Waals surface area contributed by atoms with E-state index in [0.717, 1.165) is 6.54 Å². The molecule has 1 aliphatic heterocycles. The minimum absolute atomic E-state index is 0.157. The first kappa shape index (κ1) is 16.9. The molecule has 1 amide bonds. The highest BCUT2D eigenvalue weighted by atomic mass is 16.6. The van der Waals surface area contributed by atoms with Crippen LogP contribution in [-0.4, -0.2) is 35.7 Å². The molecule has 3 aliphatic rings. The number of nitrogens with zero attached hydrogens (tertiary/aromatic N) is 1. The molecule has 1 aromatic carbocycles. The van der Waals surface area contributed by atoms with Crippen molar-refractivity contribution in [1.82, 2.24) is 10.2 Å². The minimum atomic E-state index is -0.469. The van der Waals surface area contributed by atoms with Gasteiger partial charge in [-0.25, -0.2) is 4.79 Å². The number of rotatable bonds is 3. The van der Waals surface area contributed by atoms with Crippen molar-refractivity contribution in [2.45, 2.75) is 63.6 Å². The zero-order valence-electron chi connectivity index (χ0n) is 15.6. The van der Waals surface area contributed by atoms with Gasteiger partial charge in [0, 0.05) is 19.1 Å². The van der Waals surface area contributed by atoms with Crippen LogP contribution in [0.5, 0.6) is 0 Å². The van der Waals surface area contributed by atoms with Crippen molar-refractivity contribution in [2.24, 2.45) is 11.8 Å². The first-order valence-electron chi connectivity index (χ1n) is 9.72. The van der Waals surface area contributed by atoms with Gasteiger partial charge in [-0.15, -0.1) is 0 Å². The first-order valence-corrected chi connectivity index (χ1v) is 9.72. The molecule has 4 nitrogen and oxygen atoms in total. The Morgan fingerprint density at radius 1 is 1.16 bits per heavy atom. The van der Waals surface area contributed by atoms with Crippen LogP contribution in [0.4, 0.5) is 4.79 Å². The maximum atomic E-state index is 13.2. The van der Waals surface area contributed by atoms with E-state index in [4.69, 9.17) is 4.74 Å². The minimum Gasteiger partial charge on any atom is -0.444 e. The van der Waals surface area contributed by atoms with Gasteiger partial charge in [0.2, 0.25) is 0 Å². The second-order valence-corrected chi connectivity index (χ2v) is 8.87. The Morgan fingerprint density at radius 2 is 1.84 bits per heavy atom. The van der Waals surface area contributed by atoms with Gasteiger partial charge in [-0.2, -0.15) is 0 Å². The van der Waals surface area contributed by atoms with Crippen molar-refractivity contribution in [3.05, 3.63) is 35.9 Å². The second-order valence-electron chi connectivity index (χ2n) is 8.87. The predicted molar refractivity (Wildman–Crippen MR) is 98.3 cm³/mol. The van der Waals surface area contributed by atoms with Crippen LogP contribution in [0.2, 0.25) is 0 Å². The summed E-state index contributed by atoms with van der Waals surface area (Å²) in [5, 5.41) is 3.79. The number of hydrogen-bond donors (Lipinski definition) is 1. The van der Waals surface area contributed by atoms with E-state index in [1.165, 1.54) is 31.2 Å². The lowest BCUT2D eigenvalue weighted by Crippen LogP contribution is -2.68. The SMILES string of the molecule is CC(C)(C)OC(=O)N1CCNC(C2CC2)C1(c1ccccc1)C1CC1. The number of amides is 1. The van der Waals surface area contributed by atoms with Crippen LogP contribution < -0.4 is 5.32 Å². The summed E-state index contributed by atoms with van der Waals surface area (Å²) in [5.41, 5.74) is 0.541. The Kier molecular flexibility index (Phi) is 4.06. The van der Waals surface area contributed by atoms with Gasteiger partial charge in [0.15, 0.2) is 0 Å². The summed E-state index contributed by atoms with van der Waals surface area (Å²) in [6.07, 6.45) is 4.76. The lowest BCUT2D eigenvalue weighted by molar-refractivity contribution is -0.0405. The zero-order valence-corrected chi connectivity index (χ0v) is 15.6. The first-order chi connectivity index (χ1) is 11.9. The van der Waals surface area contributed by atoms with Crippen LogP contribution in [0.3, 0.4) is 0 Å². The van der Waals surface area contributed by atoms with E-state index in [0.29, 0.717) is 24.4 Å². The number of hydrogen-bond acceptors (Lipinski definition) is 3. The lowest BCUT2D eigenvalue weighted by Gasteiger charge is -2.53. The Balaban J connectivity index is 1.79. The second kappa shape index (κ2) is 6.01. The number of benzene rings is 1. The van der Waals surface area contributed by atoms with Gasteiger partial charge < -0.3 is 10.1 Å². The normalized spacial score (nSPS) is 30.2. The number of piperazine rings is 1. The maximum Gasteiger partial charge on any atom is 0.411 e. The molecule has 3 fully saturated rings. The monoisotopic (exact) mass is 342 g/mol. The molecule has 1 saturated heterocycles. The topological polar surface area (TPSA) is 41.6 Å². The summed E-state index contributed by atoms with van der Waals surface area (Å²) >= 11 is 0. The van der Waals surface area contributed by atoms with Crippen LogP contribution in [0.15, 0.2) is 30.3 Å². The standard InChI is InChI=1S/C21H30N2O2/c1-20(2,3)25-19(24)23-14-13-22-18(15-9-10-15)21(23,17-11-12-17)16-7-5-4-6-8-16/h4-8,15,17-18,22H,9-14H2,1-3H3. The summed E-state index contributed by atoms with van der Waals surface area (Å²) in [4.78, 5) is 15.3. The quantitative estimate of drug-likeness (QED) is 0.905. The van der Waals surface area contributed by atoms with Crippen molar-refractivity contribution in [2.75, 3.05) is 13.1 Å². The smallest absolute Gasteiger partial charge is 0.411 e. The van der Waals surface area contributed by atoms with E-state index in [1.807, 2.05) is 20.8 Å². The van der Waals surface area contributed by atoms with Crippen molar-refractivity contribution in [3.63, 3.8) is 0 Å². The van der Waals surface area contributed by atoms with E-state index in [-0.39, 0.29) is 11.6 Å². The van der Waals surface area contributed by atoms with Crippen molar-refractivity contribution >= 4 is 6.09 Å². The van der Waals surface area contributed by atoms with Crippen LogP contribution in [0.1, 0.15) is 52.0 Å². The number of ether oxygens (including phenoxy) is 1. The Labute approximate surface area is 150 Å². The molecule has 2 aliphatic carbocycles. The predicted octanol–water partition coefficient (Wildman–Crippen LogP) is 3.91. The fraction of sp³-hybridized carbons (Fsp3) is 0.667. The Hall–Kier alpha value is -1.55. The van der Waals surface area contributed by atoms with Gasteiger partial charge in [-0.05, 0) is 63.9 Å². The third-order valence-corrected chi connectivity index (χ3v) is 5.76. The molecule has 25 heavy (non-hydrogen) atoms. The molecule has 4 rings (SSSR count). The van der Waals surface area contributed by atoms with Crippen LogP contribution in [-0.2, 0) is 10.3 Å². The molecule has 0 radical (unpaired) electrons. The molecule has 0 bridgehead atoms. The van der Waals surface area contributed by atoms with E-state index in [9.17, 15) is 4.79 Å². The number of carbonyl (C=O) groups excluding carboxylic acids is 1. The molecule has 0 aromatic heterocycles. The summed E-state index contributed by atoms with van der Waals surface area (Å²) in [6.45, 7) is 7.41. The zero-order chi connectivity index (χ0) is 17.7. The fourth-order valence-electron chi connectivity index (χ4n) is 4.63. The van der Waals surface area contributed by atoms with Crippen molar-refractivity contribution in [1.29, 1.82) is 0 Å². The molecule has 1 N–H and O–H groups in total. The molecule has 2 saturated carbocycles. The summed E-state index contributed by atoms with van der Waals surface area (Å²) in [6, 6.07) is 11.0. The molecule has 0 spiro atoms. The van der Waals surface area contributed by atoms with Gasteiger partial charge in [-0.1, -0.05) is 30.3 Å². The third kappa shape index (κ3) is 3.05. The lowest BCUT2D eigenvalue weighted by atomic mass is 9.73. The van der Waals surface area contributed by atoms with E-state index >= 15 is 0 Å². The van der Waals surface area contributed by atoms with Crippen LogP contribution in [0.25, 0.3) is 0 Å². The average molecular weight is 342 g/mol. The molecule has 1 heterocycles. The van der Waals surface area contributed by atoms with E-state index in [1.54, 1.807) is 0 Å². The fourth-order valence-corrected chi connectivity index (χ4v) is 4.63. The molecule has 4 heteroatoms. The molecule has 2 atom stereocenters. The van der Waals surface area contributed by atoms with Gasteiger partial charge >= 0.3 is 6.09 Å². The summed E-state index contributed by atoms with van der Waals surface area (Å²) in [7, 11) is 0. The summed E-state index contributed by atoms with van der Waals surface area (Å²) in [5.74, 6) is 1.20. The third-order valence-electron chi connectivity index (χ3n) is 5.76. The molecule has 2 unspecified atom stereocenters. The van der Waals surface area contributed by atoms with Gasteiger partial charge in [0.05, 0.1) is 5.54 Å². The number of carbonyl (C=O) groups is 1. The van der Waals surface area contributed by atoms with E-state index < -0.39 is 5.60 Å². The average Bonchev–Trinajstić information content (AvgIpc) is 3.46. The number of nitrogens with one attached hydrogen (secondary N) is 1. The maximum absolute atomic E-state index is 13.2.